The molecule has 2 unspecified atom stereocenters. The molecular formula is C27H23NO3S. The number of nitrogens with zero attached hydrogens (tertiary/aromatic N) is 1. The third-order valence-electron chi connectivity index (χ3n) is 6.64. The smallest absolute Gasteiger partial charge is 0.186 e. The van der Waals surface area contributed by atoms with Crippen LogP contribution in [0.5, 0.6) is 0 Å². The zero-order valence-corrected chi connectivity index (χ0v) is 18.2. The van der Waals surface area contributed by atoms with Crippen molar-refractivity contribution in [3.8, 4) is 0 Å². The van der Waals surface area contributed by atoms with Gasteiger partial charge in [0.25, 0.3) is 0 Å². The lowest BCUT2D eigenvalue weighted by molar-refractivity contribution is 0.0938. The van der Waals surface area contributed by atoms with Crippen LogP contribution in [0.1, 0.15) is 38.6 Å². The molecule has 0 fully saturated rings. The quantitative estimate of drug-likeness (QED) is 0.487. The van der Waals surface area contributed by atoms with Gasteiger partial charge in [0.1, 0.15) is 0 Å². The molecule has 2 heterocycles. The Bertz CT molecular complexity index is 1460. The Hall–Kier alpha value is -3.44. The minimum Gasteiger partial charge on any atom is -0.310 e. The second-order valence-corrected chi connectivity index (χ2v) is 10.4. The van der Waals surface area contributed by atoms with Gasteiger partial charge in [-0.15, -0.1) is 0 Å². The molecule has 1 aliphatic carbocycles. The van der Waals surface area contributed by atoms with Crippen LogP contribution in [-0.2, 0) is 9.84 Å². The van der Waals surface area contributed by atoms with Gasteiger partial charge >= 0.3 is 0 Å². The number of allylic oxidation sites excluding steroid dienone is 2. The fraction of sp³-hybridized carbons (Fsp3) is 0.148. The Labute approximate surface area is 191 Å². The number of fused-ring (bicyclic) bond motifs is 4. The maximum Gasteiger partial charge on any atom is 0.186 e. The number of carbonyl (C=O) groups excluding carboxylic acids is 1. The number of anilines is 2. The molecule has 160 valence electrons. The zero-order chi connectivity index (χ0) is 25.0. The van der Waals surface area contributed by atoms with Gasteiger partial charge < -0.3 is 4.90 Å². The van der Waals surface area contributed by atoms with Gasteiger partial charge in [0.2, 0.25) is 0 Å². The summed E-state index contributed by atoms with van der Waals surface area (Å²) in [6.45, 7) is 1.89. The average molecular weight is 445 g/mol. The molecule has 0 radical (unpaired) electrons. The van der Waals surface area contributed by atoms with Crippen LogP contribution in [0, 0.1) is 5.92 Å². The summed E-state index contributed by atoms with van der Waals surface area (Å²) in [5, 5.41) is -0.916. The molecule has 6 rings (SSSR count). The topological polar surface area (TPSA) is 54.5 Å². The molecule has 2 atom stereocenters. The van der Waals surface area contributed by atoms with Crippen molar-refractivity contribution in [3.05, 3.63) is 113 Å². The van der Waals surface area contributed by atoms with Gasteiger partial charge in [-0.25, -0.2) is 8.42 Å². The van der Waals surface area contributed by atoms with E-state index in [0.717, 1.165) is 28.2 Å². The van der Waals surface area contributed by atoms with Crippen LogP contribution in [0.15, 0.2) is 102 Å². The van der Waals surface area contributed by atoms with Gasteiger partial charge in [-0.2, -0.15) is 0 Å². The van der Waals surface area contributed by atoms with E-state index in [9.17, 15) is 13.2 Å². The minimum absolute atomic E-state index is 0.108. The predicted molar refractivity (Wildman–Crippen MR) is 127 cm³/mol. The van der Waals surface area contributed by atoms with Crippen LogP contribution in [0.25, 0.3) is 0 Å². The molecule has 3 aromatic carbocycles. The van der Waals surface area contributed by atoms with Gasteiger partial charge in [-0.1, -0.05) is 67.6 Å². The largest absolute Gasteiger partial charge is 0.310 e. The summed E-state index contributed by atoms with van der Waals surface area (Å²) in [6.07, 6.45) is 5.21. The van der Waals surface area contributed by atoms with E-state index in [1.165, 1.54) is 6.07 Å². The molecule has 3 aliphatic rings. The highest BCUT2D eigenvalue weighted by atomic mass is 32.2. The highest BCUT2D eigenvalue weighted by molar-refractivity contribution is 7.92. The summed E-state index contributed by atoms with van der Waals surface area (Å²) in [5.41, 5.74) is 4.41. The first-order valence-corrected chi connectivity index (χ1v) is 12.1. The number of hydrogen-bond acceptors (Lipinski definition) is 4. The van der Waals surface area contributed by atoms with Crippen molar-refractivity contribution >= 4 is 27.0 Å². The second-order valence-electron chi connectivity index (χ2n) is 8.34. The molecule has 0 amide bonds. The number of Topliss-reactive ketones (excluding diaryl/α,β-unsaturated/α-hetero) is 1. The molecule has 4 nitrogen and oxygen atoms in total. The molecule has 0 spiro atoms. The van der Waals surface area contributed by atoms with Gasteiger partial charge in [-0.3, -0.25) is 4.79 Å². The van der Waals surface area contributed by atoms with E-state index in [4.69, 9.17) is 4.34 Å². The van der Waals surface area contributed by atoms with Crippen LogP contribution in [0.4, 0.5) is 11.4 Å². The summed E-state index contributed by atoms with van der Waals surface area (Å²) in [4.78, 5) is 15.5. The summed E-state index contributed by atoms with van der Waals surface area (Å²) in [7, 11) is -3.67. The van der Waals surface area contributed by atoms with Crippen LogP contribution in [0.3, 0.4) is 0 Å². The highest BCUT2D eigenvalue weighted by Crippen LogP contribution is 2.48. The van der Waals surface area contributed by atoms with Crippen LogP contribution < -0.4 is 4.90 Å². The van der Waals surface area contributed by atoms with E-state index in [-0.39, 0.29) is 16.2 Å². The lowest BCUT2D eigenvalue weighted by Crippen LogP contribution is -2.40. The lowest BCUT2D eigenvalue weighted by Gasteiger charge is -2.39. The maximum atomic E-state index is 13.4. The highest BCUT2D eigenvalue weighted by Gasteiger charge is 2.45. The van der Waals surface area contributed by atoms with Crippen molar-refractivity contribution in [2.45, 2.75) is 23.0 Å². The molecule has 3 aromatic rings. The molecule has 0 saturated heterocycles. The van der Waals surface area contributed by atoms with Crippen molar-refractivity contribution < 1.29 is 17.6 Å². The van der Waals surface area contributed by atoms with E-state index >= 15 is 0 Å². The third kappa shape index (κ3) is 2.55. The summed E-state index contributed by atoms with van der Waals surface area (Å²) >= 11 is 0. The van der Waals surface area contributed by atoms with E-state index in [1.54, 1.807) is 36.4 Å². The average Bonchev–Trinajstić information content (AvgIpc) is 2.89. The zero-order valence-electron chi connectivity index (χ0n) is 20.4. The molecule has 0 saturated carbocycles. The van der Waals surface area contributed by atoms with Crippen LogP contribution >= 0.6 is 0 Å². The Balaban J connectivity index is 0.00000124. The van der Waals surface area contributed by atoms with Gasteiger partial charge in [0.15, 0.2) is 15.6 Å². The maximum absolute atomic E-state index is 13.4. The number of benzene rings is 3. The first-order valence-electron chi connectivity index (χ1n) is 12.1. The normalized spacial score (nSPS) is 24.7. The Kier molecular flexibility index (Phi) is 3.63. The minimum atomic E-state index is -3.67. The van der Waals surface area contributed by atoms with Crippen LogP contribution in [0.2, 0.25) is 0 Å². The van der Waals surface area contributed by atoms with E-state index in [1.807, 2.05) is 60.4 Å². The van der Waals surface area contributed by atoms with Crippen molar-refractivity contribution in [1.82, 2.24) is 0 Å². The van der Waals surface area contributed by atoms with Crippen molar-refractivity contribution in [1.29, 1.82) is 0 Å². The summed E-state index contributed by atoms with van der Waals surface area (Å²) < 4.78 is 45.7. The SMILES string of the molecule is [2H]C1(C)c2ccccc2N(C2=CC3C(=O)c4ccccc4S(=O)(=O)C3C=C2)c2ccccc21.[2H][2H]. The molecule has 32 heavy (non-hydrogen) atoms. The molecule has 0 aromatic heterocycles. The number of hydrogen-bond donors (Lipinski definition) is 0. The lowest BCUT2D eigenvalue weighted by atomic mass is 9.84. The molecule has 5 heteroatoms. The van der Waals surface area contributed by atoms with Crippen molar-refractivity contribution in [2.24, 2.45) is 5.92 Å². The number of sulfone groups is 1. The summed E-state index contributed by atoms with van der Waals surface area (Å²) in [5.74, 6) is -1.92. The number of rotatable bonds is 1. The fourth-order valence-corrected chi connectivity index (χ4v) is 7.00. The standard InChI is InChI=1S/C27H21NO3S.H2/c1-17-19-8-2-5-11-23(19)28(24-12-6-3-9-20(17)24)18-14-15-26-22(16-18)27(29)21-10-4-7-13-25(21)32(26,30)31;/h2-17,22,26H,1H3;1H/i17D;1+1D. The Morgan fingerprint density at radius 3 is 2.22 bits per heavy atom. The molecular weight excluding hydrogens is 418 g/mol. The van der Waals surface area contributed by atoms with Gasteiger partial charge in [-0.05, 0) is 41.5 Å². The van der Waals surface area contributed by atoms with E-state index in [2.05, 4.69) is 0 Å². The molecule has 0 N–H and O–H groups in total. The first kappa shape index (κ1) is 17.2. The predicted octanol–water partition coefficient (Wildman–Crippen LogP) is 5.64. The van der Waals surface area contributed by atoms with Crippen LogP contribution in [-0.4, -0.2) is 19.5 Å². The van der Waals surface area contributed by atoms with Gasteiger partial charge in [0, 0.05) is 32.9 Å². The van der Waals surface area contributed by atoms with Crippen molar-refractivity contribution in [2.75, 3.05) is 4.90 Å². The third-order valence-corrected chi connectivity index (χ3v) is 8.77. The fourth-order valence-electron chi connectivity index (χ4n) is 5.09. The Morgan fingerprint density at radius 2 is 1.53 bits per heavy atom. The first-order chi connectivity index (χ1) is 16.8. The number of ketones is 1. The van der Waals surface area contributed by atoms with Crippen molar-refractivity contribution in [3.63, 3.8) is 0 Å². The monoisotopic (exact) mass is 444 g/mol. The van der Waals surface area contributed by atoms with Gasteiger partial charge in [0.05, 0.1) is 16.1 Å². The molecule has 0 bridgehead atoms. The molecule has 2 aliphatic heterocycles. The Morgan fingerprint density at radius 1 is 0.938 bits per heavy atom. The van der Waals surface area contributed by atoms with E-state index < -0.39 is 26.9 Å². The number of para-hydroxylation sites is 2. The summed E-state index contributed by atoms with van der Waals surface area (Å²) in [6, 6.07) is 22.0. The second kappa shape index (κ2) is 6.78. The van der Waals surface area contributed by atoms with E-state index in [0.29, 0.717) is 0 Å². The number of carbonyl (C=O) groups is 1.